The normalized spacial score (nSPS) is 15.4. The van der Waals surface area contributed by atoms with Crippen LogP contribution in [-0.2, 0) is 16.1 Å². The summed E-state index contributed by atoms with van der Waals surface area (Å²) in [7, 11) is 1.56. The van der Waals surface area contributed by atoms with E-state index in [0.29, 0.717) is 17.1 Å². The smallest absolute Gasteiger partial charge is 0.253 e. The van der Waals surface area contributed by atoms with Crippen molar-refractivity contribution < 1.29 is 28.6 Å². The van der Waals surface area contributed by atoms with Gasteiger partial charge in [0.1, 0.15) is 10.8 Å². The Kier molecular flexibility index (Phi) is 6.29. The second-order valence-corrected chi connectivity index (χ2v) is 10.2. The van der Waals surface area contributed by atoms with Gasteiger partial charge in [0.25, 0.3) is 11.6 Å². The molecule has 1 atom stereocenters. The predicted octanol–water partition coefficient (Wildman–Crippen LogP) is 3.04. The van der Waals surface area contributed by atoms with Gasteiger partial charge in [-0.15, -0.1) is 11.3 Å². The van der Waals surface area contributed by atoms with Gasteiger partial charge in [-0.05, 0) is 65.7 Å². The predicted molar refractivity (Wildman–Crippen MR) is 142 cm³/mol. The minimum atomic E-state index is -0.789. The number of thiazole rings is 1. The van der Waals surface area contributed by atoms with E-state index in [4.69, 9.17) is 14.2 Å². The Labute approximate surface area is 227 Å². The second-order valence-electron chi connectivity index (χ2n) is 9.16. The zero-order valence-electron chi connectivity index (χ0n) is 21.1. The Morgan fingerprint density at radius 3 is 2.64 bits per heavy atom. The lowest BCUT2D eigenvalue weighted by Gasteiger charge is -2.15. The van der Waals surface area contributed by atoms with Gasteiger partial charge in [-0.25, -0.2) is 9.88 Å². The average molecular weight is 542 g/mol. The first kappa shape index (κ1) is 24.7. The van der Waals surface area contributed by atoms with Crippen LogP contribution in [0.15, 0.2) is 71.3 Å². The molecule has 5 aromatic rings. The Bertz CT molecular complexity index is 1690. The van der Waals surface area contributed by atoms with Crippen LogP contribution in [0.4, 0.5) is 5.69 Å². The van der Waals surface area contributed by atoms with Crippen LogP contribution < -0.4 is 24.7 Å². The zero-order chi connectivity index (χ0) is 27.1. The molecular formula is C28H23N5O5S. The fourth-order valence-corrected chi connectivity index (χ4v) is 5.60. The monoisotopic (exact) mass is 541 g/mol. The lowest BCUT2D eigenvalue weighted by Crippen LogP contribution is -2.43. The highest BCUT2D eigenvalue weighted by atomic mass is 32.1. The van der Waals surface area contributed by atoms with E-state index in [2.05, 4.69) is 16.7 Å². The Balaban J connectivity index is 1.16. The van der Waals surface area contributed by atoms with E-state index in [-0.39, 0.29) is 30.5 Å². The van der Waals surface area contributed by atoms with E-state index in [1.54, 1.807) is 54.8 Å². The number of aryl methyl sites for hydroxylation is 1. The van der Waals surface area contributed by atoms with Gasteiger partial charge in [-0.3, -0.25) is 14.9 Å². The summed E-state index contributed by atoms with van der Waals surface area (Å²) in [6, 6.07) is 19.5. The van der Waals surface area contributed by atoms with Crippen molar-refractivity contribution >= 4 is 39.1 Å². The summed E-state index contributed by atoms with van der Waals surface area (Å²) >= 11 is 1.60. The number of methoxy groups -OCH3 is 1. The minimum Gasteiger partial charge on any atom is -0.539 e. The number of carbonyl (C=O) groups is 2. The van der Waals surface area contributed by atoms with Crippen molar-refractivity contribution in [3.8, 4) is 28.0 Å². The average Bonchev–Trinajstić information content (AvgIpc) is 3.62. The van der Waals surface area contributed by atoms with Crippen LogP contribution in [-0.4, -0.2) is 35.2 Å². The van der Waals surface area contributed by atoms with Gasteiger partial charge in [0.2, 0.25) is 11.6 Å². The first-order valence-corrected chi connectivity index (χ1v) is 13.0. The number of hydrogen-bond donors (Lipinski definition) is 1. The number of rotatable bonds is 7. The molecule has 11 heteroatoms. The summed E-state index contributed by atoms with van der Waals surface area (Å²) in [5, 5.41) is 20.0. The third kappa shape index (κ3) is 4.62. The maximum Gasteiger partial charge on any atom is 0.253 e. The van der Waals surface area contributed by atoms with Crippen LogP contribution in [0.1, 0.15) is 17.7 Å². The number of amides is 2. The summed E-state index contributed by atoms with van der Waals surface area (Å²) in [5.41, 5.74) is 4.30. The van der Waals surface area contributed by atoms with Crippen LogP contribution in [0.5, 0.6) is 11.7 Å². The maximum atomic E-state index is 13.2. The second kappa shape index (κ2) is 9.93. The summed E-state index contributed by atoms with van der Waals surface area (Å²) in [4.78, 5) is 31.9. The van der Waals surface area contributed by atoms with Crippen molar-refractivity contribution in [3.63, 3.8) is 0 Å². The number of imide groups is 1. The Hall–Kier alpha value is -4.61. The molecule has 0 saturated carbocycles. The molecular weight excluding hydrogens is 518 g/mol. The fourth-order valence-electron chi connectivity index (χ4n) is 4.53. The van der Waals surface area contributed by atoms with E-state index < -0.39 is 12.0 Å². The standard InChI is InChI=1S/C28H23N5O5S/c1-16-3-12-21-24(13-16)39-26(30-21)17-4-6-18(7-5-17)32-25(34)14-22(27(32)35)29-15-23-28(36)38-31-33(23)19-8-10-20(37-2)11-9-19/h3-13,22,29H,14-15H2,1-2H3. The van der Waals surface area contributed by atoms with E-state index in [9.17, 15) is 14.7 Å². The molecule has 3 heterocycles. The van der Waals surface area contributed by atoms with Crippen molar-refractivity contribution in [3.05, 3.63) is 78.0 Å². The van der Waals surface area contributed by atoms with Crippen molar-refractivity contribution in [1.82, 2.24) is 15.6 Å². The highest BCUT2D eigenvalue weighted by molar-refractivity contribution is 7.21. The third-order valence-electron chi connectivity index (χ3n) is 6.59. The molecule has 1 saturated heterocycles. The van der Waals surface area contributed by atoms with Crippen molar-refractivity contribution in [2.75, 3.05) is 12.0 Å². The zero-order valence-corrected chi connectivity index (χ0v) is 21.9. The summed E-state index contributed by atoms with van der Waals surface area (Å²) in [5.74, 6) is -0.685. The Morgan fingerprint density at radius 2 is 1.90 bits per heavy atom. The highest BCUT2D eigenvalue weighted by Gasteiger charge is 2.40. The molecule has 2 aromatic heterocycles. The van der Waals surface area contributed by atoms with Crippen LogP contribution in [0.2, 0.25) is 0 Å². The molecule has 196 valence electrons. The molecule has 1 aliphatic heterocycles. The van der Waals surface area contributed by atoms with Crippen LogP contribution >= 0.6 is 11.3 Å². The van der Waals surface area contributed by atoms with E-state index in [0.717, 1.165) is 20.8 Å². The number of nitrogens with one attached hydrogen (secondary N) is 1. The van der Waals surface area contributed by atoms with Crippen molar-refractivity contribution in [1.29, 1.82) is 0 Å². The molecule has 0 aliphatic carbocycles. The topological polar surface area (TPSA) is 124 Å². The van der Waals surface area contributed by atoms with E-state index >= 15 is 0 Å². The van der Waals surface area contributed by atoms with Crippen LogP contribution in [0.3, 0.4) is 0 Å². The number of ether oxygens (including phenoxy) is 1. The molecule has 1 aliphatic rings. The molecule has 1 unspecified atom stereocenters. The summed E-state index contributed by atoms with van der Waals surface area (Å²) in [6.07, 6.45) is -0.0280. The maximum absolute atomic E-state index is 13.2. The van der Waals surface area contributed by atoms with Gasteiger partial charge >= 0.3 is 0 Å². The van der Waals surface area contributed by atoms with Crippen molar-refractivity contribution in [2.24, 2.45) is 0 Å². The number of benzene rings is 3. The minimum absolute atomic E-state index is 0.0120. The summed E-state index contributed by atoms with van der Waals surface area (Å²) < 4.78 is 12.5. The van der Waals surface area contributed by atoms with E-state index in [1.165, 1.54) is 15.1 Å². The fraction of sp³-hybridized carbons (Fsp3) is 0.179. The number of carbonyl (C=O) groups excluding carboxylic acids is 2. The third-order valence-corrected chi connectivity index (χ3v) is 7.66. The number of aromatic nitrogens is 3. The first-order valence-electron chi connectivity index (χ1n) is 12.2. The molecule has 2 amide bonds. The molecule has 10 nitrogen and oxygen atoms in total. The van der Waals surface area contributed by atoms with Gasteiger partial charge in [-0.1, -0.05) is 6.07 Å². The van der Waals surface area contributed by atoms with Gasteiger partial charge in [0, 0.05) is 17.7 Å². The molecule has 6 rings (SSSR count). The number of anilines is 1. The SMILES string of the molecule is COc1ccc(-[n+]2noc([O-])c2CNC2CC(=O)N(c3ccc(-c4nc5ccc(C)cc5s4)cc3)C2=O)cc1. The molecule has 1 fully saturated rings. The van der Waals surface area contributed by atoms with Crippen molar-refractivity contribution in [2.45, 2.75) is 25.9 Å². The van der Waals surface area contributed by atoms with Gasteiger partial charge in [0.15, 0.2) is 5.95 Å². The van der Waals surface area contributed by atoms with Gasteiger partial charge in [-0.2, -0.15) is 0 Å². The lowest BCUT2D eigenvalue weighted by atomic mass is 10.2. The van der Waals surface area contributed by atoms with Gasteiger partial charge in [0.05, 0.1) is 47.3 Å². The molecule has 1 N–H and O–H groups in total. The highest BCUT2D eigenvalue weighted by Crippen LogP contribution is 2.32. The molecule has 0 radical (unpaired) electrons. The molecule has 3 aromatic carbocycles. The first-order chi connectivity index (χ1) is 18.9. The van der Waals surface area contributed by atoms with Gasteiger partial charge < -0.3 is 14.4 Å². The lowest BCUT2D eigenvalue weighted by molar-refractivity contribution is -0.677. The number of nitrogens with zero attached hydrogens (tertiary/aromatic N) is 4. The number of fused-ring (bicyclic) bond motifs is 1. The molecule has 39 heavy (non-hydrogen) atoms. The molecule has 0 spiro atoms. The molecule has 0 bridgehead atoms. The Morgan fingerprint density at radius 1 is 1.13 bits per heavy atom. The number of hydrogen-bond acceptors (Lipinski definition) is 9. The van der Waals surface area contributed by atoms with E-state index in [1.807, 2.05) is 31.2 Å². The largest absolute Gasteiger partial charge is 0.539 e. The van der Waals surface area contributed by atoms with Crippen LogP contribution in [0.25, 0.3) is 26.5 Å². The quantitative estimate of drug-likeness (QED) is 0.246. The van der Waals surface area contributed by atoms with Crippen LogP contribution in [0, 0.1) is 6.92 Å². The summed E-state index contributed by atoms with van der Waals surface area (Å²) in [6.45, 7) is 2.03.